The molecule has 2 aliphatic carbocycles. The summed E-state index contributed by atoms with van der Waals surface area (Å²) in [5.41, 5.74) is -0.957. The molecule has 1 amide bonds. The van der Waals surface area contributed by atoms with Crippen LogP contribution < -0.4 is 10.0 Å². The molecular formula is C21H31ClN2O2S. The Morgan fingerprint density at radius 3 is 2.56 bits per heavy atom. The lowest BCUT2D eigenvalue weighted by Crippen LogP contribution is -2.59. The summed E-state index contributed by atoms with van der Waals surface area (Å²) in [7, 11) is -1.55. The summed E-state index contributed by atoms with van der Waals surface area (Å²) in [5, 5.41) is 3.72. The predicted molar refractivity (Wildman–Crippen MR) is 111 cm³/mol. The fourth-order valence-corrected chi connectivity index (χ4v) is 6.40. The van der Waals surface area contributed by atoms with Gasteiger partial charge in [0.15, 0.2) is 0 Å². The number of hydrogen-bond donors (Lipinski definition) is 2. The smallest absolute Gasteiger partial charge is 0.240 e. The highest BCUT2D eigenvalue weighted by molar-refractivity contribution is 7.83. The Kier molecular flexibility index (Phi) is 6.34. The molecule has 2 fully saturated rings. The second-order valence-electron chi connectivity index (χ2n) is 9.08. The minimum atomic E-state index is -1.55. The van der Waals surface area contributed by atoms with Crippen LogP contribution in [-0.2, 0) is 15.8 Å². The van der Waals surface area contributed by atoms with Gasteiger partial charge in [0.25, 0.3) is 0 Å². The van der Waals surface area contributed by atoms with Crippen LogP contribution in [-0.4, -0.2) is 21.7 Å². The van der Waals surface area contributed by atoms with Gasteiger partial charge in [-0.2, -0.15) is 0 Å². The Hall–Kier alpha value is -0.910. The summed E-state index contributed by atoms with van der Waals surface area (Å²) < 4.78 is 15.7. The molecule has 6 atom stereocenters. The van der Waals surface area contributed by atoms with Crippen molar-refractivity contribution in [1.82, 2.24) is 10.0 Å². The average Bonchev–Trinajstić information content (AvgIpc) is 2.57. The molecule has 2 bridgehead atoms. The molecule has 4 nitrogen and oxygen atoms in total. The van der Waals surface area contributed by atoms with Crippen LogP contribution >= 0.6 is 11.6 Å². The molecule has 2 aliphatic rings. The third-order valence-electron chi connectivity index (χ3n) is 6.15. The standard InChI is InChI=1S/C21H31ClN2O2S/c1-13-9-15-11-14(2)19(16(10-13)12-15)23-20(25)21(3,4)24-27(26)18-8-6-5-7-17(18)22/h5-8,13-16,19,24H,9-12H2,1-4H3,(H,23,25). The van der Waals surface area contributed by atoms with Crippen LogP contribution in [0.3, 0.4) is 0 Å². The first-order valence-corrected chi connectivity index (χ1v) is 11.4. The Bertz CT molecular complexity index is 720. The first-order valence-electron chi connectivity index (χ1n) is 9.92. The van der Waals surface area contributed by atoms with Gasteiger partial charge in [0.1, 0.15) is 16.5 Å². The van der Waals surface area contributed by atoms with Crippen molar-refractivity contribution in [3.05, 3.63) is 29.3 Å². The molecule has 0 aliphatic heterocycles. The van der Waals surface area contributed by atoms with E-state index in [1.54, 1.807) is 38.1 Å². The van der Waals surface area contributed by atoms with Gasteiger partial charge < -0.3 is 5.32 Å². The summed E-state index contributed by atoms with van der Waals surface area (Å²) in [6, 6.07) is 7.20. The van der Waals surface area contributed by atoms with Gasteiger partial charge >= 0.3 is 0 Å². The van der Waals surface area contributed by atoms with Gasteiger partial charge in [-0.3, -0.25) is 4.79 Å². The quantitative estimate of drug-likeness (QED) is 0.759. The van der Waals surface area contributed by atoms with Crippen molar-refractivity contribution < 1.29 is 9.00 Å². The minimum Gasteiger partial charge on any atom is -0.351 e. The number of nitrogens with one attached hydrogen (secondary N) is 2. The number of carbonyl (C=O) groups is 1. The van der Waals surface area contributed by atoms with Gasteiger partial charge in [-0.05, 0) is 75.3 Å². The number of rotatable bonds is 5. The molecule has 6 heteroatoms. The first kappa shape index (κ1) is 20.8. The third kappa shape index (κ3) is 4.75. The zero-order valence-corrected chi connectivity index (χ0v) is 18.2. The molecule has 0 aromatic heterocycles. The molecule has 6 unspecified atom stereocenters. The number of amides is 1. The summed E-state index contributed by atoms with van der Waals surface area (Å²) >= 11 is 6.14. The Balaban J connectivity index is 1.67. The van der Waals surface area contributed by atoms with Gasteiger partial charge in [0, 0.05) is 6.04 Å². The van der Waals surface area contributed by atoms with Crippen LogP contribution in [0.2, 0.25) is 5.02 Å². The van der Waals surface area contributed by atoms with E-state index in [-0.39, 0.29) is 11.9 Å². The van der Waals surface area contributed by atoms with E-state index in [1.165, 1.54) is 25.7 Å². The summed E-state index contributed by atoms with van der Waals surface area (Å²) in [5.74, 6) is 2.48. The molecule has 3 rings (SSSR count). The fourth-order valence-electron chi connectivity index (χ4n) is 4.95. The Morgan fingerprint density at radius 2 is 1.85 bits per heavy atom. The van der Waals surface area contributed by atoms with E-state index in [1.807, 2.05) is 0 Å². The maximum Gasteiger partial charge on any atom is 0.240 e. The molecular weight excluding hydrogens is 380 g/mol. The van der Waals surface area contributed by atoms with Crippen molar-refractivity contribution in [2.75, 3.05) is 0 Å². The third-order valence-corrected chi connectivity index (χ3v) is 8.05. The van der Waals surface area contributed by atoms with Gasteiger partial charge in [0.05, 0.1) is 9.92 Å². The maximum atomic E-state index is 13.0. The van der Waals surface area contributed by atoms with Crippen molar-refractivity contribution in [1.29, 1.82) is 0 Å². The van der Waals surface area contributed by atoms with E-state index in [2.05, 4.69) is 23.9 Å². The maximum absolute atomic E-state index is 13.0. The molecule has 1 aromatic carbocycles. The molecule has 0 spiro atoms. The van der Waals surface area contributed by atoms with Crippen LogP contribution in [0.15, 0.2) is 29.2 Å². The molecule has 2 N–H and O–H groups in total. The van der Waals surface area contributed by atoms with Crippen molar-refractivity contribution >= 4 is 28.5 Å². The lowest BCUT2D eigenvalue weighted by atomic mass is 9.63. The topological polar surface area (TPSA) is 58.2 Å². The van der Waals surface area contributed by atoms with E-state index in [9.17, 15) is 9.00 Å². The van der Waals surface area contributed by atoms with Gasteiger partial charge in [0.2, 0.25) is 5.91 Å². The lowest BCUT2D eigenvalue weighted by Gasteiger charge is -2.47. The fraction of sp³-hybridized carbons (Fsp3) is 0.667. The van der Waals surface area contributed by atoms with Crippen LogP contribution in [0, 0.1) is 23.7 Å². The zero-order chi connectivity index (χ0) is 19.8. The van der Waals surface area contributed by atoms with E-state index in [0.29, 0.717) is 21.8 Å². The number of carbonyl (C=O) groups excluding carboxylic acids is 1. The van der Waals surface area contributed by atoms with Crippen molar-refractivity contribution in [3.8, 4) is 0 Å². The van der Waals surface area contributed by atoms with E-state index in [4.69, 9.17) is 11.6 Å². The number of fused-ring (bicyclic) bond motifs is 2. The highest BCUT2D eigenvalue weighted by Crippen LogP contribution is 2.44. The van der Waals surface area contributed by atoms with Crippen LogP contribution in [0.25, 0.3) is 0 Å². The van der Waals surface area contributed by atoms with Crippen LogP contribution in [0.1, 0.15) is 53.4 Å². The van der Waals surface area contributed by atoms with E-state index >= 15 is 0 Å². The van der Waals surface area contributed by atoms with Crippen LogP contribution in [0.4, 0.5) is 0 Å². The van der Waals surface area contributed by atoms with Crippen LogP contribution in [0.5, 0.6) is 0 Å². The van der Waals surface area contributed by atoms with Gasteiger partial charge in [-0.25, -0.2) is 8.93 Å². The summed E-state index contributed by atoms with van der Waals surface area (Å²) in [4.78, 5) is 13.5. The normalized spacial score (nSPS) is 32.0. The van der Waals surface area contributed by atoms with Crippen molar-refractivity contribution in [3.63, 3.8) is 0 Å². The number of benzene rings is 1. The molecule has 27 heavy (non-hydrogen) atoms. The molecule has 2 saturated carbocycles. The predicted octanol–water partition coefficient (Wildman–Crippen LogP) is 4.31. The van der Waals surface area contributed by atoms with Gasteiger partial charge in [-0.1, -0.05) is 37.6 Å². The largest absolute Gasteiger partial charge is 0.351 e. The van der Waals surface area contributed by atoms with Gasteiger partial charge in [-0.15, -0.1) is 0 Å². The summed E-state index contributed by atoms with van der Waals surface area (Å²) in [6.45, 7) is 8.13. The first-order chi connectivity index (χ1) is 12.7. The Morgan fingerprint density at radius 1 is 1.15 bits per heavy atom. The highest BCUT2D eigenvalue weighted by Gasteiger charge is 2.42. The minimum absolute atomic E-state index is 0.101. The van der Waals surface area contributed by atoms with Crippen molar-refractivity contribution in [2.24, 2.45) is 23.7 Å². The van der Waals surface area contributed by atoms with Crippen molar-refractivity contribution in [2.45, 2.75) is 69.9 Å². The monoisotopic (exact) mass is 410 g/mol. The van der Waals surface area contributed by atoms with E-state index in [0.717, 1.165) is 11.8 Å². The molecule has 0 heterocycles. The summed E-state index contributed by atoms with van der Waals surface area (Å²) in [6.07, 6.45) is 4.92. The molecule has 150 valence electrons. The molecule has 1 aromatic rings. The second-order valence-corrected chi connectivity index (χ2v) is 10.7. The highest BCUT2D eigenvalue weighted by atomic mass is 35.5. The number of hydrogen-bond acceptors (Lipinski definition) is 2. The number of halogens is 1. The van der Waals surface area contributed by atoms with E-state index < -0.39 is 16.5 Å². The molecule has 0 saturated heterocycles. The Labute approximate surface area is 170 Å². The zero-order valence-electron chi connectivity index (χ0n) is 16.6. The second kappa shape index (κ2) is 8.22. The molecule has 0 radical (unpaired) electrons. The SMILES string of the molecule is CC1CC2CC(C)C(NC(=O)C(C)(C)NS(=O)c3ccccc3Cl)C(C1)C2. The average molecular weight is 411 g/mol. The lowest BCUT2D eigenvalue weighted by molar-refractivity contribution is -0.128.